The van der Waals surface area contributed by atoms with E-state index in [0.717, 1.165) is 0 Å². The van der Waals surface area contributed by atoms with Gasteiger partial charge in [-0.2, -0.15) is 0 Å². The van der Waals surface area contributed by atoms with Gasteiger partial charge < -0.3 is 11.1 Å². The number of nitrogens with one attached hydrogen (secondary N) is 1. The second-order valence-corrected chi connectivity index (χ2v) is 7.29. The van der Waals surface area contributed by atoms with E-state index in [1.165, 1.54) is 6.20 Å². The van der Waals surface area contributed by atoms with Crippen LogP contribution < -0.4 is 16.6 Å². The average Bonchev–Trinajstić information content (AvgIpc) is 2.74. The number of fused-ring (bicyclic) bond motifs is 1. The lowest BCUT2D eigenvalue weighted by molar-refractivity contribution is 0.0939. The van der Waals surface area contributed by atoms with Crippen molar-refractivity contribution in [3.63, 3.8) is 0 Å². The van der Waals surface area contributed by atoms with Crippen LogP contribution in [0.5, 0.6) is 0 Å². The number of amides is 1. The maximum Gasteiger partial charge on any atom is 0.264 e. The highest BCUT2D eigenvalue weighted by Gasteiger charge is 2.20. The molecule has 0 saturated heterocycles. The topological polar surface area (TPSA) is 90.0 Å². The lowest BCUT2D eigenvalue weighted by Crippen LogP contribution is -2.32. The van der Waals surface area contributed by atoms with E-state index in [0.29, 0.717) is 27.2 Å². The first-order valence-electron chi connectivity index (χ1n) is 9.38. The number of aromatic nitrogens is 2. The highest BCUT2D eigenvalue weighted by Crippen LogP contribution is 2.25. The second-order valence-electron chi connectivity index (χ2n) is 6.88. The lowest BCUT2D eigenvalue weighted by atomic mass is 10.1. The molecule has 30 heavy (non-hydrogen) atoms. The van der Waals surface area contributed by atoms with E-state index in [-0.39, 0.29) is 22.8 Å². The van der Waals surface area contributed by atoms with Crippen LogP contribution in [0.25, 0.3) is 16.5 Å². The monoisotopic (exact) mass is 418 g/mol. The Hall–Kier alpha value is -3.64. The highest BCUT2D eigenvalue weighted by atomic mass is 35.5. The van der Waals surface area contributed by atoms with Crippen LogP contribution in [0.1, 0.15) is 29.0 Å². The van der Waals surface area contributed by atoms with Gasteiger partial charge in [0.2, 0.25) is 0 Å². The maximum atomic E-state index is 13.4. The fourth-order valence-corrected chi connectivity index (χ4v) is 3.72. The van der Waals surface area contributed by atoms with E-state index in [4.69, 9.17) is 17.3 Å². The fourth-order valence-electron chi connectivity index (χ4n) is 3.46. The molecular formula is C23H19ClN4O2. The molecule has 1 atom stereocenters. The van der Waals surface area contributed by atoms with Crippen LogP contribution >= 0.6 is 11.6 Å². The SMILES string of the molecule is CC(NC(=O)c1cccnc1N)c1cc2cccc(Cl)c2c(=O)n1-c1ccccc1. The summed E-state index contributed by atoms with van der Waals surface area (Å²) in [4.78, 5) is 30.1. The minimum atomic E-state index is -0.492. The third-order valence-electron chi connectivity index (χ3n) is 4.91. The number of para-hydroxylation sites is 1. The summed E-state index contributed by atoms with van der Waals surface area (Å²) >= 11 is 6.33. The highest BCUT2D eigenvalue weighted by molar-refractivity contribution is 6.35. The number of nitrogen functional groups attached to an aromatic ring is 1. The standard InChI is InChI=1S/C23H19ClN4O2/c1-14(27-22(29)17-10-6-12-26-21(17)25)19-13-15-7-5-11-18(24)20(15)23(30)28(19)16-8-3-2-4-9-16/h2-14H,1H3,(H2,25,26)(H,27,29). The van der Waals surface area contributed by atoms with Gasteiger partial charge in [0.25, 0.3) is 11.5 Å². The van der Waals surface area contributed by atoms with Gasteiger partial charge in [-0.1, -0.05) is 41.9 Å². The summed E-state index contributed by atoms with van der Waals surface area (Å²) in [6.07, 6.45) is 1.52. The van der Waals surface area contributed by atoms with Crippen molar-refractivity contribution in [1.82, 2.24) is 14.9 Å². The summed E-state index contributed by atoms with van der Waals surface area (Å²) in [6.45, 7) is 1.81. The van der Waals surface area contributed by atoms with E-state index in [1.807, 2.05) is 49.4 Å². The van der Waals surface area contributed by atoms with Gasteiger partial charge in [-0.05, 0) is 48.7 Å². The van der Waals surface area contributed by atoms with Crippen molar-refractivity contribution < 1.29 is 4.79 Å². The summed E-state index contributed by atoms with van der Waals surface area (Å²) < 4.78 is 1.58. The summed E-state index contributed by atoms with van der Waals surface area (Å²) in [5.41, 5.74) is 7.16. The van der Waals surface area contributed by atoms with Gasteiger partial charge in [0.05, 0.1) is 22.0 Å². The number of carbonyl (C=O) groups excluding carboxylic acids is 1. The Morgan fingerprint density at radius 3 is 2.60 bits per heavy atom. The zero-order valence-electron chi connectivity index (χ0n) is 16.2. The number of anilines is 1. The van der Waals surface area contributed by atoms with Gasteiger partial charge >= 0.3 is 0 Å². The molecule has 0 radical (unpaired) electrons. The first kappa shape index (κ1) is 19.7. The van der Waals surface area contributed by atoms with Crippen molar-refractivity contribution in [2.75, 3.05) is 5.73 Å². The van der Waals surface area contributed by atoms with Crippen LogP contribution in [-0.4, -0.2) is 15.5 Å². The van der Waals surface area contributed by atoms with Crippen LogP contribution in [0, 0.1) is 0 Å². The van der Waals surface area contributed by atoms with Crippen LogP contribution in [0.2, 0.25) is 5.02 Å². The zero-order valence-corrected chi connectivity index (χ0v) is 16.9. The van der Waals surface area contributed by atoms with E-state index in [2.05, 4.69) is 10.3 Å². The molecular weight excluding hydrogens is 400 g/mol. The van der Waals surface area contributed by atoms with Crippen molar-refractivity contribution in [1.29, 1.82) is 0 Å². The van der Waals surface area contributed by atoms with E-state index < -0.39 is 6.04 Å². The molecule has 0 saturated carbocycles. The Labute approximate surface area is 177 Å². The van der Waals surface area contributed by atoms with Crippen molar-refractivity contribution in [3.8, 4) is 5.69 Å². The molecule has 6 nitrogen and oxygen atoms in total. The number of halogens is 1. The Balaban J connectivity index is 1.86. The molecule has 0 aliphatic carbocycles. The van der Waals surface area contributed by atoms with Crippen LogP contribution in [0.15, 0.2) is 77.7 Å². The van der Waals surface area contributed by atoms with Gasteiger partial charge in [-0.3, -0.25) is 14.2 Å². The number of nitrogens with two attached hydrogens (primary N) is 1. The number of benzene rings is 2. The molecule has 0 bridgehead atoms. The van der Waals surface area contributed by atoms with Gasteiger partial charge in [0.15, 0.2) is 0 Å². The Morgan fingerprint density at radius 1 is 1.10 bits per heavy atom. The Morgan fingerprint density at radius 2 is 1.87 bits per heavy atom. The van der Waals surface area contributed by atoms with Gasteiger partial charge in [0.1, 0.15) is 5.82 Å². The minimum Gasteiger partial charge on any atom is -0.383 e. The number of nitrogens with zero attached hydrogens (tertiary/aromatic N) is 2. The average molecular weight is 419 g/mol. The van der Waals surface area contributed by atoms with Crippen LogP contribution in [0.4, 0.5) is 5.82 Å². The molecule has 2 aromatic carbocycles. The molecule has 3 N–H and O–H groups in total. The molecule has 150 valence electrons. The molecule has 1 amide bonds. The number of rotatable bonds is 4. The molecule has 4 aromatic rings. The smallest absolute Gasteiger partial charge is 0.264 e. The maximum absolute atomic E-state index is 13.4. The predicted octanol–water partition coefficient (Wildman–Crippen LogP) is 4.11. The Bertz CT molecular complexity index is 1300. The number of hydrogen-bond donors (Lipinski definition) is 2. The predicted molar refractivity (Wildman–Crippen MR) is 119 cm³/mol. The number of hydrogen-bond acceptors (Lipinski definition) is 4. The molecule has 0 aliphatic heterocycles. The lowest BCUT2D eigenvalue weighted by Gasteiger charge is -2.21. The largest absolute Gasteiger partial charge is 0.383 e. The summed E-state index contributed by atoms with van der Waals surface area (Å²) in [5.74, 6) is -0.223. The quantitative estimate of drug-likeness (QED) is 0.521. The van der Waals surface area contributed by atoms with Crippen LogP contribution in [0.3, 0.4) is 0 Å². The third-order valence-corrected chi connectivity index (χ3v) is 5.23. The fraction of sp³-hybridized carbons (Fsp3) is 0.0870. The normalized spacial score (nSPS) is 11.9. The van der Waals surface area contributed by atoms with Crippen molar-refractivity contribution in [2.45, 2.75) is 13.0 Å². The van der Waals surface area contributed by atoms with E-state index in [9.17, 15) is 9.59 Å². The number of pyridine rings is 2. The molecule has 0 fully saturated rings. The third kappa shape index (κ3) is 3.53. The summed E-state index contributed by atoms with van der Waals surface area (Å²) in [6, 6.07) is 19.2. The van der Waals surface area contributed by atoms with E-state index in [1.54, 1.807) is 28.8 Å². The van der Waals surface area contributed by atoms with Crippen molar-refractivity contribution in [2.24, 2.45) is 0 Å². The minimum absolute atomic E-state index is 0.146. The molecule has 4 rings (SSSR count). The van der Waals surface area contributed by atoms with Gasteiger partial charge in [-0.15, -0.1) is 0 Å². The second kappa shape index (κ2) is 8.00. The first-order chi connectivity index (χ1) is 14.5. The summed E-state index contributed by atoms with van der Waals surface area (Å²) in [5, 5.41) is 4.44. The molecule has 7 heteroatoms. The molecule has 2 heterocycles. The van der Waals surface area contributed by atoms with Crippen molar-refractivity contribution in [3.05, 3.63) is 99.6 Å². The van der Waals surface area contributed by atoms with Crippen molar-refractivity contribution >= 4 is 34.1 Å². The van der Waals surface area contributed by atoms with Gasteiger partial charge in [-0.25, -0.2) is 4.98 Å². The number of carbonyl (C=O) groups is 1. The first-order valence-corrected chi connectivity index (χ1v) is 9.76. The molecule has 0 aliphatic rings. The molecule has 1 unspecified atom stereocenters. The van der Waals surface area contributed by atoms with E-state index >= 15 is 0 Å². The van der Waals surface area contributed by atoms with Crippen LogP contribution in [-0.2, 0) is 0 Å². The molecule has 0 spiro atoms. The zero-order chi connectivity index (χ0) is 21.3. The Kier molecular flexibility index (Phi) is 5.25. The molecule has 2 aromatic heterocycles. The van der Waals surface area contributed by atoms with Gasteiger partial charge in [0, 0.05) is 17.6 Å². The summed E-state index contributed by atoms with van der Waals surface area (Å²) in [7, 11) is 0.